The molecule has 4 aliphatic rings. The van der Waals surface area contributed by atoms with E-state index >= 15 is 0 Å². The van der Waals surface area contributed by atoms with Gasteiger partial charge >= 0.3 is 5.97 Å². The summed E-state index contributed by atoms with van der Waals surface area (Å²) in [6.07, 6.45) is 15.4. The Hall–Kier alpha value is -1.05. The Balaban J connectivity index is 1.58. The third kappa shape index (κ3) is 1.80. The van der Waals surface area contributed by atoms with Gasteiger partial charge in [-0.05, 0) is 68.6 Å². The fraction of sp³-hybridized carbons (Fsp3) is 0.722. The second-order valence-corrected chi connectivity index (χ2v) is 7.26. The first kappa shape index (κ1) is 12.7. The lowest BCUT2D eigenvalue weighted by Gasteiger charge is -2.48. The van der Waals surface area contributed by atoms with Gasteiger partial charge in [0.1, 0.15) is 0 Å². The highest BCUT2D eigenvalue weighted by Crippen LogP contribution is 2.57. The van der Waals surface area contributed by atoms with Gasteiger partial charge < -0.3 is 5.11 Å². The van der Waals surface area contributed by atoms with Crippen molar-refractivity contribution in [3.05, 3.63) is 23.8 Å². The van der Waals surface area contributed by atoms with Gasteiger partial charge in [0.05, 0.1) is 5.92 Å². The van der Waals surface area contributed by atoms with Gasteiger partial charge in [-0.3, -0.25) is 4.79 Å². The Kier molecular flexibility index (Phi) is 3.01. The molecule has 0 saturated heterocycles. The van der Waals surface area contributed by atoms with Gasteiger partial charge in [0.15, 0.2) is 0 Å². The zero-order valence-corrected chi connectivity index (χ0v) is 12.0. The number of carbonyl (C=O) groups is 1. The number of hydrogen-bond acceptors (Lipinski definition) is 1. The van der Waals surface area contributed by atoms with E-state index in [1.807, 2.05) is 0 Å². The van der Waals surface area contributed by atoms with E-state index in [-0.39, 0.29) is 5.92 Å². The molecule has 0 aromatic rings. The van der Waals surface area contributed by atoms with E-state index in [2.05, 4.69) is 18.2 Å². The van der Waals surface area contributed by atoms with Crippen LogP contribution in [0.4, 0.5) is 0 Å². The van der Waals surface area contributed by atoms with Crippen LogP contribution in [0.2, 0.25) is 0 Å². The molecule has 4 aliphatic carbocycles. The van der Waals surface area contributed by atoms with Crippen LogP contribution in [0.25, 0.3) is 0 Å². The minimum atomic E-state index is -0.537. The summed E-state index contributed by atoms with van der Waals surface area (Å²) in [6, 6.07) is 0. The summed E-state index contributed by atoms with van der Waals surface area (Å²) >= 11 is 0. The summed E-state index contributed by atoms with van der Waals surface area (Å²) < 4.78 is 0. The topological polar surface area (TPSA) is 37.3 Å². The Labute approximate surface area is 120 Å². The molecule has 4 rings (SSSR count). The first-order valence-electron chi connectivity index (χ1n) is 8.34. The standard InChI is InChI=1S/C18H24O2/c19-18(20)17-10-9-15-14-6-5-11-3-1-2-4-12(11)13(14)7-8-16(15)17/h2-4,12-17H,1,5-10H2,(H,19,20). The minimum Gasteiger partial charge on any atom is -0.481 e. The maximum Gasteiger partial charge on any atom is 0.306 e. The predicted octanol–water partition coefficient (Wildman–Crippen LogP) is 4.04. The molecule has 1 N–H and O–H groups in total. The molecule has 0 spiro atoms. The van der Waals surface area contributed by atoms with Gasteiger partial charge in [-0.1, -0.05) is 23.8 Å². The zero-order valence-electron chi connectivity index (χ0n) is 12.0. The van der Waals surface area contributed by atoms with E-state index in [4.69, 9.17) is 0 Å². The fourth-order valence-corrected chi connectivity index (χ4v) is 5.87. The molecular formula is C18H24O2. The van der Waals surface area contributed by atoms with Gasteiger partial charge in [-0.15, -0.1) is 0 Å². The molecular weight excluding hydrogens is 248 g/mol. The van der Waals surface area contributed by atoms with Gasteiger partial charge in [-0.25, -0.2) is 0 Å². The van der Waals surface area contributed by atoms with Crippen LogP contribution in [0.15, 0.2) is 23.8 Å². The van der Waals surface area contributed by atoms with E-state index in [1.54, 1.807) is 5.57 Å². The van der Waals surface area contributed by atoms with Gasteiger partial charge in [0, 0.05) is 5.92 Å². The predicted molar refractivity (Wildman–Crippen MR) is 78.1 cm³/mol. The van der Waals surface area contributed by atoms with Crippen molar-refractivity contribution >= 4 is 5.97 Å². The van der Waals surface area contributed by atoms with Crippen LogP contribution in [0.3, 0.4) is 0 Å². The lowest BCUT2D eigenvalue weighted by Crippen LogP contribution is -2.41. The van der Waals surface area contributed by atoms with Crippen molar-refractivity contribution in [3.63, 3.8) is 0 Å². The van der Waals surface area contributed by atoms with Gasteiger partial charge in [-0.2, -0.15) is 0 Å². The zero-order chi connectivity index (χ0) is 13.7. The van der Waals surface area contributed by atoms with E-state index < -0.39 is 5.97 Å². The number of hydrogen-bond donors (Lipinski definition) is 1. The summed E-state index contributed by atoms with van der Waals surface area (Å²) in [4.78, 5) is 11.4. The molecule has 0 bridgehead atoms. The molecule has 0 amide bonds. The second-order valence-electron chi connectivity index (χ2n) is 7.26. The molecule has 3 saturated carbocycles. The number of fused-ring (bicyclic) bond motifs is 5. The number of rotatable bonds is 1. The highest BCUT2D eigenvalue weighted by molar-refractivity contribution is 5.70. The maximum absolute atomic E-state index is 11.4. The minimum absolute atomic E-state index is 0.0419. The van der Waals surface area contributed by atoms with Crippen LogP contribution in [0, 0.1) is 35.5 Å². The monoisotopic (exact) mass is 272 g/mol. The number of carboxylic acid groups (broad SMARTS) is 1. The molecule has 6 unspecified atom stereocenters. The van der Waals surface area contributed by atoms with Crippen molar-refractivity contribution in [3.8, 4) is 0 Å². The van der Waals surface area contributed by atoms with Crippen LogP contribution in [0.1, 0.15) is 44.9 Å². The largest absolute Gasteiger partial charge is 0.481 e. The summed E-state index contributed by atoms with van der Waals surface area (Å²) in [6.45, 7) is 0. The quantitative estimate of drug-likeness (QED) is 0.732. The van der Waals surface area contributed by atoms with Gasteiger partial charge in [0.25, 0.3) is 0 Å². The van der Waals surface area contributed by atoms with Crippen molar-refractivity contribution in [2.75, 3.05) is 0 Å². The second kappa shape index (κ2) is 4.75. The van der Waals surface area contributed by atoms with Crippen LogP contribution >= 0.6 is 0 Å². The third-order valence-corrected chi connectivity index (χ3v) is 6.64. The molecule has 108 valence electrons. The van der Waals surface area contributed by atoms with E-state index in [1.165, 1.54) is 19.3 Å². The highest BCUT2D eigenvalue weighted by Gasteiger charge is 2.51. The Morgan fingerprint density at radius 1 is 1.00 bits per heavy atom. The first-order chi connectivity index (χ1) is 9.75. The lowest BCUT2D eigenvalue weighted by molar-refractivity contribution is -0.144. The van der Waals surface area contributed by atoms with E-state index in [9.17, 15) is 9.90 Å². The average Bonchev–Trinajstić information content (AvgIpc) is 2.91. The molecule has 20 heavy (non-hydrogen) atoms. The van der Waals surface area contributed by atoms with Crippen LogP contribution in [-0.2, 0) is 4.79 Å². The average molecular weight is 272 g/mol. The molecule has 0 aromatic carbocycles. The summed E-state index contributed by atoms with van der Waals surface area (Å²) in [5.74, 6) is 2.89. The van der Waals surface area contributed by atoms with Crippen molar-refractivity contribution in [1.82, 2.24) is 0 Å². The van der Waals surface area contributed by atoms with Crippen molar-refractivity contribution in [1.29, 1.82) is 0 Å². The van der Waals surface area contributed by atoms with E-state index in [0.29, 0.717) is 17.8 Å². The molecule has 0 heterocycles. The third-order valence-electron chi connectivity index (χ3n) is 6.64. The van der Waals surface area contributed by atoms with Crippen molar-refractivity contribution in [2.24, 2.45) is 35.5 Å². The van der Waals surface area contributed by atoms with Crippen LogP contribution in [-0.4, -0.2) is 11.1 Å². The smallest absolute Gasteiger partial charge is 0.306 e. The molecule has 3 fully saturated rings. The SMILES string of the molecule is O=C(O)C1CCC2C1CCC1C3C=CCC=C3CCC12. The Morgan fingerprint density at radius 2 is 1.75 bits per heavy atom. The maximum atomic E-state index is 11.4. The normalized spacial score (nSPS) is 46.1. The molecule has 0 aromatic heterocycles. The summed E-state index contributed by atoms with van der Waals surface area (Å²) in [5.41, 5.74) is 1.68. The first-order valence-corrected chi connectivity index (χ1v) is 8.34. The molecule has 0 aliphatic heterocycles. The summed E-state index contributed by atoms with van der Waals surface area (Å²) in [7, 11) is 0. The van der Waals surface area contributed by atoms with E-state index in [0.717, 1.165) is 37.5 Å². The van der Waals surface area contributed by atoms with Crippen LogP contribution < -0.4 is 0 Å². The molecule has 2 heteroatoms. The Bertz CT molecular complexity index is 476. The lowest BCUT2D eigenvalue weighted by atomic mass is 9.56. The highest BCUT2D eigenvalue weighted by atomic mass is 16.4. The molecule has 0 radical (unpaired) electrons. The number of allylic oxidation sites excluding steroid dienone is 4. The van der Waals surface area contributed by atoms with Gasteiger partial charge in [0.2, 0.25) is 0 Å². The molecule has 2 nitrogen and oxygen atoms in total. The van der Waals surface area contributed by atoms with Crippen molar-refractivity contribution < 1.29 is 9.90 Å². The summed E-state index contributed by atoms with van der Waals surface area (Å²) in [5, 5.41) is 9.42. The Morgan fingerprint density at radius 3 is 2.60 bits per heavy atom. The number of carboxylic acids is 1. The number of aliphatic carboxylic acids is 1. The van der Waals surface area contributed by atoms with Crippen LogP contribution in [0.5, 0.6) is 0 Å². The molecule has 6 atom stereocenters. The van der Waals surface area contributed by atoms with Crippen molar-refractivity contribution in [2.45, 2.75) is 44.9 Å². The fourth-order valence-electron chi connectivity index (χ4n) is 5.87.